The van der Waals surface area contributed by atoms with Crippen molar-refractivity contribution in [1.82, 2.24) is 5.32 Å². The number of rotatable bonds is 3. The van der Waals surface area contributed by atoms with Crippen molar-refractivity contribution in [3.63, 3.8) is 0 Å². The van der Waals surface area contributed by atoms with Crippen LogP contribution in [-0.2, 0) is 4.79 Å². The molecule has 1 aromatic carbocycles. The van der Waals surface area contributed by atoms with Crippen LogP contribution in [0.2, 0.25) is 0 Å². The molecule has 19 heavy (non-hydrogen) atoms. The minimum Gasteiger partial charge on any atom is -0.323 e. The molecule has 0 bridgehead atoms. The molecule has 1 saturated heterocycles. The minimum absolute atomic E-state index is 0.100. The van der Waals surface area contributed by atoms with E-state index in [9.17, 15) is 13.6 Å². The molecular formula is C14H18F2N2O. The molecule has 1 fully saturated rings. The standard InChI is InChI=1S/C14H18F2N2O/c1-9(2)14(5-6-17-8-14)13(19)18-12-7-10(15)3-4-11(12)16/h3-4,7,9,17H,5-6,8H2,1-2H3,(H,18,19). The molecule has 0 radical (unpaired) electrons. The molecule has 104 valence electrons. The maximum atomic E-state index is 13.5. The van der Waals surface area contributed by atoms with Gasteiger partial charge in [0, 0.05) is 12.6 Å². The number of nitrogens with one attached hydrogen (secondary N) is 2. The molecule has 1 unspecified atom stereocenters. The lowest BCUT2D eigenvalue weighted by molar-refractivity contribution is -0.126. The molecule has 0 spiro atoms. The zero-order valence-electron chi connectivity index (χ0n) is 11.1. The van der Waals surface area contributed by atoms with Gasteiger partial charge < -0.3 is 10.6 Å². The van der Waals surface area contributed by atoms with Gasteiger partial charge in [-0.1, -0.05) is 13.8 Å². The van der Waals surface area contributed by atoms with Crippen LogP contribution in [0.1, 0.15) is 20.3 Å². The molecule has 1 amide bonds. The van der Waals surface area contributed by atoms with Crippen LogP contribution in [-0.4, -0.2) is 19.0 Å². The van der Waals surface area contributed by atoms with Gasteiger partial charge in [-0.3, -0.25) is 4.79 Å². The first-order valence-electron chi connectivity index (χ1n) is 6.43. The predicted molar refractivity (Wildman–Crippen MR) is 69.7 cm³/mol. The topological polar surface area (TPSA) is 41.1 Å². The van der Waals surface area contributed by atoms with E-state index < -0.39 is 17.0 Å². The van der Waals surface area contributed by atoms with Crippen molar-refractivity contribution in [2.45, 2.75) is 20.3 Å². The third-order valence-corrected chi connectivity index (χ3v) is 3.92. The van der Waals surface area contributed by atoms with E-state index in [0.29, 0.717) is 13.0 Å². The lowest BCUT2D eigenvalue weighted by Gasteiger charge is -2.31. The summed E-state index contributed by atoms with van der Waals surface area (Å²) in [6, 6.07) is 3.05. The first-order valence-corrected chi connectivity index (χ1v) is 6.43. The highest BCUT2D eigenvalue weighted by Crippen LogP contribution is 2.35. The average molecular weight is 268 g/mol. The molecule has 5 heteroatoms. The van der Waals surface area contributed by atoms with Crippen molar-refractivity contribution in [3.05, 3.63) is 29.8 Å². The highest BCUT2D eigenvalue weighted by atomic mass is 19.1. The molecule has 1 aliphatic rings. The van der Waals surface area contributed by atoms with Crippen molar-refractivity contribution in [2.24, 2.45) is 11.3 Å². The second kappa shape index (κ2) is 5.25. The average Bonchev–Trinajstić information content (AvgIpc) is 2.84. The van der Waals surface area contributed by atoms with Crippen LogP contribution in [0.4, 0.5) is 14.5 Å². The summed E-state index contributed by atoms with van der Waals surface area (Å²) in [6.07, 6.45) is 0.702. The molecule has 0 aliphatic carbocycles. The number of amides is 1. The van der Waals surface area contributed by atoms with E-state index in [0.717, 1.165) is 24.7 Å². The van der Waals surface area contributed by atoms with Gasteiger partial charge in [0.15, 0.2) is 0 Å². The number of hydrogen-bond acceptors (Lipinski definition) is 2. The van der Waals surface area contributed by atoms with Crippen LogP contribution in [0.25, 0.3) is 0 Å². The van der Waals surface area contributed by atoms with Crippen LogP contribution in [0.5, 0.6) is 0 Å². The Labute approximate surface area is 111 Å². The van der Waals surface area contributed by atoms with E-state index in [1.165, 1.54) is 0 Å². The van der Waals surface area contributed by atoms with Gasteiger partial charge >= 0.3 is 0 Å². The Hall–Kier alpha value is -1.49. The molecule has 1 aromatic rings. The van der Waals surface area contributed by atoms with Gasteiger partial charge in [0.25, 0.3) is 0 Å². The third-order valence-electron chi connectivity index (χ3n) is 3.92. The summed E-state index contributed by atoms with van der Waals surface area (Å²) in [4.78, 5) is 12.4. The highest BCUT2D eigenvalue weighted by molar-refractivity contribution is 5.96. The maximum absolute atomic E-state index is 13.5. The Kier molecular flexibility index (Phi) is 3.85. The largest absolute Gasteiger partial charge is 0.323 e. The fourth-order valence-electron chi connectivity index (χ4n) is 2.50. The monoisotopic (exact) mass is 268 g/mol. The molecule has 2 rings (SSSR count). The molecule has 1 atom stereocenters. The van der Waals surface area contributed by atoms with Crippen LogP contribution >= 0.6 is 0 Å². The van der Waals surface area contributed by atoms with Crippen molar-refractivity contribution in [2.75, 3.05) is 18.4 Å². The summed E-state index contributed by atoms with van der Waals surface area (Å²) in [7, 11) is 0. The molecule has 3 nitrogen and oxygen atoms in total. The fraction of sp³-hybridized carbons (Fsp3) is 0.500. The van der Waals surface area contributed by atoms with Crippen LogP contribution in [0, 0.1) is 23.0 Å². The quantitative estimate of drug-likeness (QED) is 0.884. The summed E-state index contributed by atoms with van der Waals surface area (Å²) < 4.78 is 26.6. The maximum Gasteiger partial charge on any atom is 0.232 e. The zero-order chi connectivity index (χ0) is 14.0. The molecule has 0 aromatic heterocycles. The second-order valence-electron chi connectivity index (χ2n) is 5.32. The first-order chi connectivity index (χ1) is 8.95. The second-order valence-corrected chi connectivity index (χ2v) is 5.32. The zero-order valence-corrected chi connectivity index (χ0v) is 11.1. The molecule has 2 N–H and O–H groups in total. The third kappa shape index (κ3) is 2.61. The summed E-state index contributed by atoms with van der Waals surface area (Å²) in [5.41, 5.74) is -0.657. The number of hydrogen-bond donors (Lipinski definition) is 2. The van der Waals surface area contributed by atoms with Gasteiger partial charge in [0.05, 0.1) is 11.1 Å². The normalized spacial score (nSPS) is 22.8. The van der Waals surface area contributed by atoms with Crippen molar-refractivity contribution in [3.8, 4) is 0 Å². The van der Waals surface area contributed by atoms with Gasteiger partial charge in [-0.2, -0.15) is 0 Å². The van der Waals surface area contributed by atoms with Gasteiger partial charge in [0.2, 0.25) is 5.91 Å². The molecule has 1 heterocycles. The van der Waals surface area contributed by atoms with Gasteiger partial charge in [-0.15, -0.1) is 0 Å². The van der Waals surface area contributed by atoms with E-state index in [2.05, 4.69) is 10.6 Å². The van der Waals surface area contributed by atoms with Gasteiger partial charge in [-0.05, 0) is 31.0 Å². The number of halogens is 2. The smallest absolute Gasteiger partial charge is 0.232 e. The van der Waals surface area contributed by atoms with E-state index in [4.69, 9.17) is 0 Å². The van der Waals surface area contributed by atoms with Gasteiger partial charge in [0.1, 0.15) is 11.6 Å². The SMILES string of the molecule is CC(C)C1(C(=O)Nc2cc(F)ccc2F)CCNC1. The number of carbonyl (C=O) groups is 1. The number of anilines is 1. The summed E-state index contributed by atoms with van der Waals surface area (Å²) >= 11 is 0. The van der Waals surface area contributed by atoms with Crippen molar-refractivity contribution in [1.29, 1.82) is 0 Å². The minimum atomic E-state index is -0.625. The first kappa shape index (κ1) is 13.9. The number of carbonyl (C=O) groups excluding carboxylic acids is 1. The lowest BCUT2D eigenvalue weighted by Crippen LogP contribution is -2.42. The van der Waals surface area contributed by atoms with E-state index >= 15 is 0 Å². The summed E-state index contributed by atoms with van der Waals surface area (Å²) in [5, 5.41) is 5.68. The predicted octanol–water partition coefficient (Wildman–Crippen LogP) is 2.54. The van der Waals surface area contributed by atoms with E-state index in [1.54, 1.807) is 0 Å². The molecule has 0 saturated carbocycles. The summed E-state index contributed by atoms with van der Waals surface area (Å²) in [6.45, 7) is 5.26. The van der Waals surface area contributed by atoms with Crippen molar-refractivity contribution >= 4 is 11.6 Å². The van der Waals surface area contributed by atoms with Gasteiger partial charge in [-0.25, -0.2) is 8.78 Å². The number of benzene rings is 1. The Morgan fingerprint density at radius 1 is 1.42 bits per heavy atom. The van der Waals surface area contributed by atoms with Crippen LogP contribution in [0.15, 0.2) is 18.2 Å². The van der Waals surface area contributed by atoms with E-state index in [-0.39, 0.29) is 17.5 Å². The Morgan fingerprint density at radius 3 is 2.74 bits per heavy atom. The van der Waals surface area contributed by atoms with Crippen LogP contribution in [0.3, 0.4) is 0 Å². The van der Waals surface area contributed by atoms with Crippen LogP contribution < -0.4 is 10.6 Å². The Bertz CT molecular complexity index is 482. The van der Waals surface area contributed by atoms with E-state index in [1.807, 2.05) is 13.8 Å². The Balaban J connectivity index is 2.22. The lowest BCUT2D eigenvalue weighted by atomic mass is 9.75. The molecular weight excluding hydrogens is 250 g/mol. The molecule has 1 aliphatic heterocycles. The fourth-order valence-corrected chi connectivity index (χ4v) is 2.50. The Morgan fingerprint density at radius 2 is 2.16 bits per heavy atom. The van der Waals surface area contributed by atoms with Crippen molar-refractivity contribution < 1.29 is 13.6 Å². The highest BCUT2D eigenvalue weighted by Gasteiger charge is 2.44. The summed E-state index contributed by atoms with van der Waals surface area (Å²) in [5.74, 6) is -1.32.